The van der Waals surface area contributed by atoms with E-state index in [9.17, 15) is 0 Å². The maximum absolute atomic E-state index is 4.37. The highest BCUT2D eigenvalue weighted by Crippen LogP contribution is 2.67. The van der Waals surface area contributed by atoms with Gasteiger partial charge in [-0.2, -0.15) is 0 Å². The molecule has 0 saturated heterocycles. The van der Waals surface area contributed by atoms with E-state index in [4.69, 9.17) is 0 Å². The Kier molecular flexibility index (Phi) is 5.89. The summed E-state index contributed by atoms with van der Waals surface area (Å²) in [6, 6.07) is 9.53. The van der Waals surface area contributed by atoms with Crippen molar-refractivity contribution in [1.82, 2.24) is 9.99 Å². The standard InChI is InChI=1S/C32H40N4/c1-5-34-35-36(6-2)26-13-16-31(3)25(20-26)9-10-27-29-12-11-28(32(29,4)17-14-30(27)31)23-8-7-22-15-18-33-21-24(22)19-23/h5-8,11,15,18-19,21,25-27,29-30H,1-2,9-10,12-14,16-17,20H2,3-4H3/t25-,26-,27-,29-,30-,31-,32+/m0/s1. The van der Waals surface area contributed by atoms with E-state index < -0.39 is 0 Å². The third-order valence-electron chi connectivity index (χ3n) is 11.0. The molecule has 1 aromatic heterocycles. The van der Waals surface area contributed by atoms with Gasteiger partial charge in [0, 0.05) is 30.2 Å². The maximum Gasteiger partial charge on any atom is 0.0539 e. The van der Waals surface area contributed by atoms with E-state index in [0.717, 1.165) is 23.7 Å². The van der Waals surface area contributed by atoms with Crippen molar-refractivity contribution in [2.45, 2.75) is 71.3 Å². The molecule has 3 saturated carbocycles. The second-order valence-corrected chi connectivity index (χ2v) is 12.3. The van der Waals surface area contributed by atoms with Gasteiger partial charge in [0.2, 0.25) is 0 Å². The zero-order chi connectivity index (χ0) is 24.9. The fraction of sp³-hybridized carbons (Fsp3) is 0.531. The first-order valence-electron chi connectivity index (χ1n) is 14.0. The summed E-state index contributed by atoms with van der Waals surface area (Å²) in [6.45, 7) is 12.9. The largest absolute Gasteiger partial charge is 0.264 e. The van der Waals surface area contributed by atoms with Gasteiger partial charge in [-0.1, -0.05) is 50.4 Å². The summed E-state index contributed by atoms with van der Waals surface area (Å²) in [4.78, 5) is 4.37. The first kappa shape index (κ1) is 23.6. The van der Waals surface area contributed by atoms with Crippen molar-refractivity contribution in [2.75, 3.05) is 0 Å². The van der Waals surface area contributed by atoms with Gasteiger partial charge in [0.25, 0.3) is 0 Å². The fourth-order valence-electron chi connectivity index (χ4n) is 9.10. The lowest BCUT2D eigenvalue weighted by Gasteiger charge is -2.61. The minimum Gasteiger partial charge on any atom is -0.264 e. The molecule has 4 nitrogen and oxygen atoms in total. The Morgan fingerprint density at radius 3 is 2.75 bits per heavy atom. The Bertz CT molecular complexity index is 1230. The number of benzene rings is 1. The van der Waals surface area contributed by atoms with Gasteiger partial charge in [0.05, 0.1) is 6.04 Å². The summed E-state index contributed by atoms with van der Waals surface area (Å²) < 4.78 is 0. The summed E-state index contributed by atoms with van der Waals surface area (Å²) in [5, 5.41) is 12.9. The number of hydrogen-bond donors (Lipinski definition) is 0. The Labute approximate surface area is 216 Å². The molecule has 0 N–H and O–H groups in total. The molecule has 4 aliphatic carbocycles. The van der Waals surface area contributed by atoms with E-state index >= 15 is 0 Å². The first-order valence-corrected chi connectivity index (χ1v) is 14.0. The number of rotatable bonds is 5. The zero-order valence-corrected chi connectivity index (χ0v) is 21.9. The van der Waals surface area contributed by atoms with E-state index in [1.807, 2.05) is 23.6 Å². The van der Waals surface area contributed by atoms with Crippen LogP contribution in [0.3, 0.4) is 0 Å². The molecular weight excluding hydrogens is 440 g/mol. The topological polar surface area (TPSA) is 40.9 Å². The van der Waals surface area contributed by atoms with Crippen LogP contribution in [0, 0.1) is 34.5 Å². The molecule has 36 heavy (non-hydrogen) atoms. The molecule has 188 valence electrons. The van der Waals surface area contributed by atoms with Crippen LogP contribution in [0.4, 0.5) is 0 Å². The third-order valence-corrected chi connectivity index (χ3v) is 11.0. The maximum atomic E-state index is 4.37. The Morgan fingerprint density at radius 1 is 1.03 bits per heavy atom. The smallest absolute Gasteiger partial charge is 0.0539 e. The van der Waals surface area contributed by atoms with Crippen molar-refractivity contribution in [1.29, 1.82) is 0 Å². The van der Waals surface area contributed by atoms with Gasteiger partial charge in [-0.25, -0.2) is 0 Å². The Morgan fingerprint density at radius 2 is 1.92 bits per heavy atom. The van der Waals surface area contributed by atoms with E-state index in [0.29, 0.717) is 16.9 Å². The molecule has 1 heterocycles. The fourth-order valence-corrected chi connectivity index (χ4v) is 9.10. The van der Waals surface area contributed by atoms with Gasteiger partial charge in [-0.3, -0.25) is 9.99 Å². The van der Waals surface area contributed by atoms with Crippen molar-refractivity contribution in [3.63, 3.8) is 0 Å². The molecule has 7 atom stereocenters. The summed E-state index contributed by atoms with van der Waals surface area (Å²) in [5.41, 5.74) is 3.75. The van der Waals surface area contributed by atoms with Gasteiger partial charge < -0.3 is 0 Å². The SMILES string of the molecule is C=CN=NN(C=C)[C@H]1CC[C@@]2(C)[C@@H](CC[C@@H]3[C@@H]2CC[C@]2(C)C(c4ccc5ccncc5c4)=CC[C@@H]32)C1. The molecule has 4 heteroatoms. The number of aromatic nitrogens is 1. The normalized spacial score (nSPS) is 37.6. The van der Waals surface area contributed by atoms with Crippen LogP contribution >= 0.6 is 0 Å². The van der Waals surface area contributed by atoms with Gasteiger partial charge in [0.15, 0.2) is 0 Å². The van der Waals surface area contributed by atoms with Gasteiger partial charge >= 0.3 is 0 Å². The van der Waals surface area contributed by atoms with Crippen LogP contribution in [-0.2, 0) is 0 Å². The zero-order valence-electron chi connectivity index (χ0n) is 21.9. The van der Waals surface area contributed by atoms with Gasteiger partial charge in [0.1, 0.15) is 0 Å². The number of nitrogens with zero attached hydrogens (tertiary/aromatic N) is 4. The molecule has 6 rings (SSSR count). The monoisotopic (exact) mass is 480 g/mol. The van der Waals surface area contributed by atoms with Crippen LogP contribution in [0.1, 0.15) is 70.8 Å². The predicted molar refractivity (Wildman–Crippen MR) is 148 cm³/mol. The van der Waals surface area contributed by atoms with Crippen molar-refractivity contribution in [3.8, 4) is 0 Å². The summed E-state index contributed by atoms with van der Waals surface area (Å²) in [7, 11) is 0. The first-order chi connectivity index (χ1) is 17.5. The lowest BCUT2D eigenvalue weighted by molar-refractivity contribution is -0.106. The lowest BCUT2D eigenvalue weighted by atomic mass is 9.44. The molecule has 1 aromatic carbocycles. The average molecular weight is 481 g/mol. The lowest BCUT2D eigenvalue weighted by Crippen LogP contribution is -2.54. The van der Waals surface area contributed by atoms with Crippen LogP contribution < -0.4 is 0 Å². The van der Waals surface area contributed by atoms with Crippen LogP contribution in [-0.4, -0.2) is 16.0 Å². The molecular formula is C32H40N4. The molecule has 2 aromatic rings. The minimum absolute atomic E-state index is 0.294. The van der Waals surface area contributed by atoms with Crippen LogP contribution in [0.25, 0.3) is 16.3 Å². The Hall–Kier alpha value is -2.75. The highest BCUT2D eigenvalue weighted by Gasteiger charge is 2.58. The molecule has 4 aliphatic rings. The summed E-state index contributed by atoms with van der Waals surface area (Å²) in [5.74, 6) is 3.23. The van der Waals surface area contributed by atoms with Crippen LogP contribution in [0.2, 0.25) is 0 Å². The highest BCUT2D eigenvalue weighted by atomic mass is 15.5. The van der Waals surface area contributed by atoms with E-state index in [1.165, 1.54) is 73.9 Å². The quantitative estimate of drug-likeness (QED) is 0.317. The molecule has 0 unspecified atom stereocenters. The van der Waals surface area contributed by atoms with Crippen molar-refractivity contribution in [2.24, 2.45) is 44.8 Å². The average Bonchev–Trinajstić information content (AvgIpc) is 3.26. The number of hydrogen-bond acceptors (Lipinski definition) is 3. The number of allylic oxidation sites excluding steroid dienone is 2. The van der Waals surface area contributed by atoms with Crippen molar-refractivity contribution in [3.05, 3.63) is 73.9 Å². The molecule has 0 bridgehead atoms. The molecule has 0 amide bonds. The van der Waals surface area contributed by atoms with Crippen molar-refractivity contribution >= 4 is 16.3 Å². The number of fused-ring (bicyclic) bond motifs is 6. The van der Waals surface area contributed by atoms with Gasteiger partial charge in [-0.15, -0.1) is 5.11 Å². The Balaban J connectivity index is 1.22. The second-order valence-electron chi connectivity index (χ2n) is 12.3. The second kappa shape index (κ2) is 8.97. The predicted octanol–water partition coefficient (Wildman–Crippen LogP) is 8.60. The molecule has 0 aliphatic heterocycles. The highest BCUT2D eigenvalue weighted by molar-refractivity contribution is 5.86. The summed E-state index contributed by atoms with van der Waals surface area (Å²) >= 11 is 0. The van der Waals surface area contributed by atoms with E-state index in [2.05, 4.69) is 72.7 Å². The van der Waals surface area contributed by atoms with Crippen LogP contribution in [0.15, 0.2) is 78.6 Å². The third kappa shape index (κ3) is 3.59. The van der Waals surface area contributed by atoms with E-state index in [1.54, 1.807) is 5.57 Å². The van der Waals surface area contributed by atoms with Gasteiger partial charge in [-0.05, 0) is 115 Å². The minimum atomic E-state index is 0.294. The summed E-state index contributed by atoms with van der Waals surface area (Å²) in [6.07, 6.45) is 20.2. The molecule has 0 radical (unpaired) electrons. The molecule has 0 spiro atoms. The number of pyridine rings is 1. The molecule has 3 fully saturated rings. The van der Waals surface area contributed by atoms with E-state index in [-0.39, 0.29) is 0 Å². The van der Waals surface area contributed by atoms with Crippen molar-refractivity contribution < 1.29 is 0 Å². The van der Waals surface area contributed by atoms with Crippen LogP contribution in [0.5, 0.6) is 0 Å².